The number of carboxylic acid groups (broad SMARTS) is 1. The molecule has 2 aliphatic heterocycles. The lowest BCUT2D eigenvalue weighted by Gasteiger charge is -2.27. The summed E-state index contributed by atoms with van der Waals surface area (Å²) in [6, 6.07) is 16.0. The molecule has 2 saturated carbocycles. The Morgan fingerprint density at radius 2 is 1.18 bits per heavy atom. The number of fused-ring (bicyclic) bond motifs is 1. The first-order valence-electron chi connectivity index (χ1n) is 18.9. The predicted molar refractivity (Wildman–Crippen MR) is 209 cm³/mol. The Bertz CT molecular complexity index is 2250. The molecule has 4 aromatic rings. The van der Waals surface area contributed by atoms with E-state index in [0.717, 1.165) is 0 Å². The van der Waals surface area contributed by atoms with Crippen molar-refractivity contribution >= 4 is 58.4 Å². The van der Waals surface area contributed by atoms with E-state index in [9.17, 15) is 31.5 Å². The molecule has 8 rings (SSSR count). The van der Waals surface area contributed by atoms with Gasteiger partial charge >= 0.3 is 5.97 Å². The van der Waals surface area contributed by atoms with Crippen molar-refractivity contribution in [1.29, 1.82) is 0 Å². The number of anilines is 1. The second kappa shape index (κ2) is 17.8. The fourth-order valence-corrected chi connectivity index (χ4v) is 10.7. The van der Waals surface area contributed by atoms with Gasteiger partial charge in [0.05, 0.1) is 39.6 Å². The Morgan fingerprint density at radius 1 is 0.702 bits per heavy atom. The number of carbonyl (C=O) groups excluding carboxylic acids is 1. The molecule has 2 saturated heterocycles. The van der Waals surface area contributed by atoms with Crippen LogP contribution in [0, 0.1) is 0 Å². The van der Waals surface area contributed by atoms with Gasteiger partial charge in [0.25, 0.3) is 5.91 Å². The zero-order valence-electron chi connectivity index (χ0n) is 31.3. The minimum absolute atomic E-state index is 0.138. The van der Waals surface area contributed by atoms with Crippen LogP contribution in [0.5, 0.6) is 5.88 Å². The lowest BCUT2D eigenvalue weighted by atomic mass is 10.1. The van der Waals surface area contributed by atoms with Gasteiger partial charge in [-0.15, -0.1) is 0 Å². The van der Waals surface area contributed by atoms with Gasteiger partial charge in [-0.1, -0.05) is 35.6 Å². The highest BCUT2D eigenvalue weighted by molar-refractivity contribution is 7.92. The van der Waals surface area contributed by atoms with Crippen LogP contribution >= 0.6 is 11.3 Å². The lowest BCUT2D eigenvalue weighted by Crippen LogP contribution is -2.31. The van der Waals surface area contributed by atoms with E-state index in [4.69, 9.17) is 23.7 Å². The van der Waals surface area contributed by atoms with Crippen molar-refractivity contribution in [2.45, 2.75) is 96.1 Å². The quantitative estimate of drug-likeness (QED) is 0.162. The molecule has 15 nitrogen and oxygen atoms in total. The molecule has 2 aliphatic carbocycles. The van der Waals surface area contributed by atoms with Crippen molar-refractivity contribution in [3.63, 3.8) is 0 Å². The molecule has 0 spiro atoms. The Hall–Kier alpha value is -4.04. The van der Waals surface area contributed by atoms with Gasteiger partial charge in [-0.2, -0.15) is 0 Å². The molecular weight excluding hydrogens is 799 g/mol. The first-order valence-corrected chi connectivity index (χ1v) is 22.8. The zero-order chi connectivity index (χ0) is 40.2. The molecule has 0 radical (unpaired) electrons. The second-order valence-electron chi connectivity index (χ2n) is 14.3. The van der Waals surface area contributed by atoms with Crippen LogP contribution in [-0.2, 0) is 48.2 Å². The van der Waals surface area contributed by atoms with Crippen molar-refractivity contribution in [2.24, 2.45) is 0 Å². The van der Waals surface area contributed by atoms with E-state index in [0.29, 0.717) is 110 Å². The maximum absolute atomic E-state index is 13.3. The number of hydrogen-bond donors (Lipinski definition) is 2. The van der Waals surface area contributed by atoms with Gasteiger partial charge in [-0.3, -0.25) is 10.1 Å². The molecule has 1 amide bonds. The standard InChI is InChI=1S/C23H25N3O6S2.C16H20O6S/c1-30-19-9-8-18-22(25-19)33-23(24-18)26-21(27)20(32-15-10-12-31-13-11-15)14-2-4-16(5-3-14)34(28,29)17-6-7-17;17-16(18)15(22-12-7-9-21-10-8-12)11-1-3-13(4-2-11)23(19,20)14-5-6-14/h2-5,8-9,15,17,20H,6-7,10-13H2,1H3,(H,24,26,27);1-4,12,14-15H,5-10H2,(H,17,18). The van der Waals surface area contributed by atoms with E-state index in [2.05, 4.69) is 15.3 Å². The number of pyridine rings is 1. The minimum Gasteiger partial charge on any atom is -0.481 e. The highest BCUT2D eigenvalue weighted by atomic mass is 32.2. The molecule has 2 aromatic heterocycles. The highest BCUT2D eigenvalue weighted by Gasteiger charge is 2.38. The van der Waals surface area contributed by atoms with Gasteiger partial charge < -0.3 is 28.8 Å². The molecule has 18 heteroatoms. The monoisotopic (exact) mass is 843 g/mol. The average molecular weight is 844 g/mol. The van der Waals surface area contributed by atoms with E-state index < -0.39 is 37.9 Å². The normalized spacial score (nSPS) is 19.2. The first kappa shape index (κ1) is 41.1. The van der Waals surface area contributed by atoms with Crippen molar-refractivity contribution in [3.8, 4) is 5.88 Å². The SMILES string of the molecule is COc1ccc2nc(NC(=O)C(OC3CCOCC3)c3ccc(S(=O)(=O)C4CC4)cc3)sc2n1.O=C(O)C(OC1CCOCC1)c1ccc(S(=O)(=O)C2CC2)cc1. The molecule has 306 valence electrons. The van der Waals surface area contributed by atoms with Crippen LogP contribution in [0.4, 0.5) is 5.13 Å². The number of carbonyl (C=O) groups is 2. The van der Waals surface area contributed by atoms with Crippen LogP contribution in [0.3, 0.4) is 0 Å². The Morgan fingerprint density at radius 3 is 1.63 bits per heavy atom. The summed E-state index contributed by atoms with van der Waals surface area (Å²) in [5.74, 6) is -0.986. The number of methoxy groups -OCH3 is 1. The number of aliphatic carboxylic acids is 1. The van der Waals surface area contributed by atoms with Crippen LogP contribution in [0.25, 0.3) is 10.3 Å². The van der Waals surface area contributed by atoms with Crippen LogP contribution in [-0.4, -0.2) is 100 Å². The van der Waals surface area contributed by atoms with Crippen molar-refractivity contribution in [3.05, 3.63) is 71.8 Å². The van der Waals surface area contributed by atoms with E-state index in [1.54, 1.807) is 36.4 Å². The lowest BCUT2D eigenvalue weighted by molar-refractivity contribution is -0.158. The Kier molecular flexibility index (Phi) is 12.9. The molecular formula is C39H45N3O12S3. The number of hydrogen-bond acceptors (Lipinski definition) is 14. The summed E-state index contributed by atoms with van der Waals surface area (Å²) in [6.45, 7) is 2.27. The smallest absolute Gasteiger partial charge is 0.337 e. The number of nitrogens with one attached hydrogen (secondary N) is 1. The van der Waals surface area contributed by atoms with Gasteiger partial charge in [0.1, 0.15) is 10.3 Å². The van der Waals surface area contributed by atoms with Crippen molar-refractivity contribution < 1.29 is 55.2 Å². The highest BCUT2D eigenvalue weighted by Crippen LogP contribution is 2.36. The maximum Gasteiger partial charge on any atom is 0.337 e. The zero-order valence-corrected chi connectivity index (χ0v) is 33.7. The third-order valence-electron chi connectivity index (χ3n) is 10.1. The number of sulfone groups is 2. The summed E-state index contributed by atoms with van der Waals surface area (Å²) in [5.41, 5.74) is 1.69. The molecule has 4 heterocycles. The molecule has 4 fully saturated rings. The molecule has 2 unspecified atom stereocenters. The van der Waals surface area contributed by atoms with Crippen LogP contribution in [0.15, 0.2) is 70.5 Å². The Balaban J connectivity index is 0.000000188. The fraction of sp³-hybridized carbons (Fsp3) is 0.487. The fourth-order valence-electron chi connectivity index (χ4n) is 6.52. The topological polar surface area (TPSA) is 207 Å². The van der Waals surface area contributed by atoms with Gasteiger partial charge in [0, 0.05) is 32.5 Å². The molecule has 4 aliphatic rings. The predicted octanol–water partition coefficient (Wildman–Crippen LogP) is 5.46. The molecule has 0 bridgehead atoms. The summed E-state index contributed by atoms with van der Waals surface area (Å²) in [7, 11) is -5.03. The number of ether oxygens (including phenoxy) is 5. The number of benzene rings is 2. The third-order valence-corrected chi connectivity index (χ3v) is 15.5. The summed E-state index contributed by atoms with van der Waals surface area (Å²) >= 11 is 1.24. The molecule has 2 aromatic carbocycles. The molecule has 57 heavy (non-hydrogen) atoms. The number of nitrogens with zero attached hydrogens (tertiary/aromatic N) is 2. The van der Waals surface area contributed by atoms with Gasteiger partial charge in [-0.05, 0) is 92.8 Å². The van der Waals surface area contributed by atoms with Gasteiger partial charge in [-0.25, -0.2) is 31.6 Å². The minimum atomic E-state index is -3.31. The van der Waals surface area contributed by atoms with Crippen molar-refractivity contribution in [2.75, 3.05) is 38.9 Å². The van der Waals surface area contributed by atoms with Crippen molar-refractivity contribution in [1.82, 2.24) is 9.97 Å². The Labute approximate surface area is 334 Å². The van der Waals surface area contributed by atoms with Crippen LogP contribution < -0.4 is 10.1 Å². The summed E-state index contributed by atoms with van der Waals surface area (Å²) in [5, 5.41) is 12.1. The number of amides is 1. The maximum atomic E-state index is 13.3. The number of rotatable bonds is 14. The third kappa shape index (κ3) is 10.2. The molecule has 2 atom stereocenters. The van der Waals surface area contributed by atoms with Gasteiger partial charge in [0.15, 0.2) is 37.0 Å². The van der Waals surface area contributed by atoms with E-state index in [1.165, 1.54) is 42.7 Å². The van der Waals surface area contributed by atoms with Gasteiger partial charge in [0.2, 0.25) is 5.88 Å². The second-order valence-corrected chi connectivity index (χ2v) is 19.7. The summed E-state index contributed by atoms with van der Waals surface area (Å²) < 4.78 is 77.1. The first-order chi connectivity index (χ1) is 27.4. The number of aromatic nitrogens is 2. The van der Waals surface area contributed by atoms with E-state index >= 15 is 0 Å². The number of thiazole rings is 1. The molecule has 2 N–H and O–H groups in total. The van der Waals surface area contributed by atoms with Crippen LogP contribution in [0.2, 0.25) is 0 Å². The summed E-state index contributed by atoms with van der Waals surface area (Å²) in [4.78, 5) is 34.8. The summed E-state index contributed by atoms with van der Waals surface area (Å²) in [6.07, 6.45) is 3.20. The van der Waals surface area contributed by atoms with E-state index in [-0.39, 0.29) is 38.4 Å². The largest absolute Gasteiger partial charge is 0.481 e. The average Bonchev–Trinajstić information content (AvgIpc) is 4.16. The van der Waals surface area contributed by atoms with Crippen LogP contribution in [0.1, 0.15) is 74.7 Å². The number of carboxylic acids is 1. The van der Waals surface area contributed by atoms with E-state index in [1.807, 2.05) is 0 Å².